The normalized spacial score (nSPS) is 8.92. The van der Waals surface area contributed by atoms with Gasteiger partial charge in [-0.05, 0) is 6.07 Å². The van der Waals surface area contributed by atoms with E-state index < -0.39 is 6.09 Å². The van der Waals surface area contributed by atoms with Gasteiger partial charge in [-0.2, -0.15) is 0 Å². The van der Waals surface area contributed by atoms with Crippen LogP contribution in [0.5, 0.6) is 0 Å². The number of rotatable bonds is 3. The van der Waals surface area contributed by atoms with Gasteiger partial charge in [-0.15, -0.1) is 0 Å². The van der Waals surface area contributed by atoms with Crippen molar-refractivity contribution in [1.29, 1.82) is 0 Å². The fourth-order valence-electron chi connectivity index (χ4n) is 0.752. The standard InChI is InChI=1S/C10H10NO2/c1-2-8-13-10(12)11-9-6-4-3-5-7-9/h2-6H,1,8H2,(H,11,12). The summed E-state index contributed by atoms with van der Waals surface area (Å²) in [5, 5.41) is 2.51. The zero-order valence-corrected chi connectivity index (χ0v) is 7.12. The molecule has 0 heterocycles. The molecule has 0 aliphatic rings. The van der Waals surface area contributed by atoms with E-state index in [0.29, 0.717) is 5.69 Å². The molecule has 13 heavy (non-hydrogen) atoms. The van der Waals surface area contributed by atoms with Crippen molar-refractivity contribution in [3.05, 3.63) is 43.0 Å². The van der Waals surface area contributed by atoms with E-state index in [9.17, 15) is 4.79 Å². The Hall–Kier alpha value is -1.77. The topological polar surface area (TPSA) is 38.3 Å². The molecule has 0 spiro atoms. The number of amides is 1. The minimum atomic E-state index is -0.498. The van der Waals surface area contributed by atoms with Crippen LogP contribution in [-0.2, 0) is 4.74 Å². The van der Waals surface area contributed by atoms with Crippen LogP contribution in [0, 0.1) is 6.07 Å². The molecular formula is C10H10NO2. The second-order valence-corrected chi connectivity index (χ2v) is 2.29. The molecule has 1 rings (SSSR count). The van der Waals surface area contributed by atoms with Crippen LogP contribution in [0.2, 0.25) is 0 Å². The molecule has 0 saturated carbocycles. The monoisotopic (exact) mass is 176 g/mol. The van der Waals surface area contributed by atoms with Crippen LogP contribution < -0.4 is 5.32 Å². The van der Waals surface area contributed by atoms with Crippen molar-refractivity contribution >= 4 is 11.8 Å². The van der Waals surface area contributed by atoms with E-state index in [-0.39, 0.29) is 6.61 Å². The van der Waals surface area contributed by atoms with E-state index in [0.717, 1.165) is 0 Å². The molecule has 0 saturated heterocycles. The van der Waals surface area contributed by atoms with Crippen molar-refractivity contribution in [3.8, 4) is 0 Å². The van der Waals surface area contributed by atoms with Crippen LogP contribution in [0.4, 0.5) is 10.5 Å². The first kappa shape index (κ1) is 9.32. The Morgan fingerprint density at radius 2 is 2.54 bits per heavy atom. The van der Waals surface area contributed by atoms with Crippen LogP contribution in [0.25, 0.3) is 0 Å². The van der Waals surface area contributed by atoms with Crippen molar-refractivity contribution < 1.29 is 9.53 Å². The van der Waals surface area contributed by atoms with Crippen LogP contribution in [-0.4, -0.2) is 12.7 Å². The predicted molar refractivity (Wildman–Crippen MR) is 50.4 cm³/mol. The minimum absolute atomic E-state index is 0.207. The zero-order valence-electron chi connectivity index (χ0n) is 7.12. The molecule has 1 amide bonds. The van der Waals surface area contributed by atoms with Crippen LogP contribution >= 0.6 is 0 Å². The summed E-state index contributed by atoms with van der Waals surface area (Å²) in [6, 6.07) is 9.91. The molecule has 0 bridgehead atoms. The Kier molecular flexibility index (Phi) is 3.57. The summed E-state index contributed by atoms with van der Waals surface area (Å²) in [5.41, 5.74) is 0.594. The number of ether oxygens (including phenoxy) is 1. The highest BCUT2D eigenvalue weighted by Gasteiger charge is 1.99. The van der Waals surface area contributed by atoms with Gasteiger partial charge >= 0.3 is 6.09 Å². The van der Waals surface area contributed by atoms with E-state index in [2.05, 4.69) is 18.0 Å². The fraction of sp³-hybridized carbons (Fsp3) is 0.100. The number of carbonyl (C=O) groups is 1. The molecule has 0 aliphatic heterocycles. The summed E-state index contributed by atoms with van der Waals surface area (Å²) >= 11 is 0. The summed E-state index contributed by atoms with van der Waals surface area (Å²) in [5.74, 6) is 0. The van der Waals surface area contributed by atoms with Gasteiger partial charge in [0.2, 0.25) is 0 Å². The zero-order chi connectivity index (χ0) is 9.52. The summed E-state index contributed by atoms with van der Waals surface area (Å²) in [6.07, 6.45) is 1.01. The van der Waals surface area contributed by atoms with Gasteiger partial charge in [0.25, 0.3) is 0 Å². The average molecular weight is 176 g/mol. The molecule has 0 aromatic heterocycles. The first-order valence-electron chi connectivity index (χ1n) is 3.84. The Balaban J connectivity index is 2.41. The average Bonchev–Trinajstić information content (AvgIpc) is 2.16. The molecule has 0 aliphatic carbocycles. The van der Waals surface area contributed by atoms with Gasteiger partial charge in [0.15, 0.2) is 0 Å². The molecule has 1 radical (unpaired) electrons. The Morgan fingerprint density at radius 1 is 1.69 bits per heavy atom. The van der Waals surface area contributed by atoms with Gasteiger partial charge in [0, 0.05) is 6.07 Å². The van der Waals surface area contributed by atoms with E-state index in [1.165, 1.54) is 6.08 Å². The molecule has 3 heteroatoms. The molecule has 67 valence electrons. The van der Waals surface area contributed by atoms with Crippen molar-refractivity contribution in [2.45, 2.75) is 0 Å². The molecule has 0 fully saturated rings. The predicted octanol–water partition coefficient (Wildman–Crippen LogP) is 2.22. The largest absolute Gasteiger partial charge is 0.445 e. The first-order valence-corrected chi connectivity index (χ1v) is 3.84. The highest BCUT2D eigenvalue weighted by Crippen LogP contribution is 2.03. The smallest absolute Gasteiger partial charge is 0.411 e. The van der Waals surface area contributed by atoms with Crippen molar-refractivity contribution in [3.63, 3.8) is 0 Å². The first-order chi connectivity index (χ1) is 6.33. The number of hydrogen-bond acceptors (Lipinski definition) is 2. The fourth-order valence-corrected chi connectivity index (χ4v) is 0.752. The van der Waals surface area contributed by atoms with Gasteiger partial charge in [-0.3, -0.25) is 5.32 Å². The summed E-state index contributed by atoms with van der Waals surface area (Å²) in [7, 11) is 0. The van der Waals surface area contributed by atoms with Gasteiger partial charge in [-0.1, -0.05) is 30.9 Å². The van der Waals surface area contributed by atoms with E-state index in [4.69, 9.17) is 4.74 Å². The quantitative estimate of drug-likeness (QED) is 0.717. The van der Waals surface area contributed by atoms with Crippen LogP contribution in [0.15, 0.2) is 36.9 Å². The molecule has 0 atom stereocenters. The minimum Gasteiger partial charge on any atom is -0.445 e. The van der Waals surface area contributed by atoms with E-state index in [1.807, 2.05) is 6.07 Å². The van der Waals surface area contributed by atoms with Gasteiger partial charge in [-0.25, -0.2) is 4.79 Å². The lowest BCUT2D eigenvalue weighted by atomic mass is 10.3. The number of para-hydroxylation sites is 1. The van der Waals surface area contributed by atoms with Crippen molar-refractivity contribution in [2.75, 3.05) is 11.9 Å². The second kappa shape index (κ2) is 4.98. The number of nitrogens with one attached hydrogen (secondary N) is 1. The maximum absolute atomic E-state index is 11.0. The molecule has 0 unspecified atom stereocenters. The third-order valence-electron chi connectivity index (χ3n) is 1.28. The lowest BCUT2D eigenvalue weighted by Crippen LogP contribution is -2.13. The van der Waals surface area contributed by atoms with Gasteiger partial charge in [0.1, 0.15) is 6.61 Å². The third-order valence-corrected chi connectivity index (χ3v) is 1.28. The third kappa shape index (κ3) is 3.42. The van der Waals surface area contributed by atoms with Crippen LogP contribution in [0.3, 0.4) is 0 Å². The summed E-state index contributed by atoms with van der Waals surface area (Å²) in [4.78, 5) is 11.0. The summed E-state index contributed by atoms with van der Waals surface area (Å²) in [6.45, 7) is 3.63. The maximum Gasteiger partial charge on any atom is 0.411 e. The molecule has 1 aromatic rings. The van der Waals surface area contributed by atoms with Gasteiger partial charge < -0.3 is 4.74 Å². The van der Waals surface area contributed by atoms with Gasteiger partial charge in [0.05, 0.1) is 5.69 Å². The molecule has 1 aromatic carbocycles. The Morgan fingerprint density at radius 3 is 3.15 bits per heavy atom. The highest BCUT2D eigenvalue weighted by atomic mass is 16.5. The Labute approximate surface area is 77.0 Å². The maximum atomic E-state index is 11.0. The second-order valence-electron chi connectivity index (χ2n) is 2.29. The Bertz CT molecular complexity index is 282. The molecule has 3 nitrogen and oxygen atoms in total. The lowest BCUT2D eigenvalue weighted by molar-refractivity contribution is 0.174. The number of benzene rings is 1. The van der Waals surface area contributed by atoms with Crippen molar-refractivity contribution in [1.82, 2.24) is 0 Å². The number of hydrogen-bond donors (Lipinski definition) is 1. The van der Waals surface area contributed by atoms with Crippen molar-refractivity contribution in [2.24, 2.45) is 0 Å². The molecular weight excluding hydrogens is 166 g/mol. The summed E-state index contributed by atoms with van der Waals surface area (Å²) < 4.78 is 4.71. The van der Waals surface area contributed by atoms with E-state index in [1.54, 1.807) is 18.2 Å². The SMILES string of the molecule is C=CCOC(=O)Nc1[c]cccc1. The number of anilines is 1. The van der Waals surface area contributed by atoms with Crippen LogP contribution in [0.1, 0.15) is 0 Å². The van der Waals surface area contributed by atoms with E-state index >= 15 is 0 Å². The highest BCUT2D eigenvalue weighted by molar-refractivity contribution is 5.84. The number of carbonyl (C=O) groups excluding carboxylic acids is 1. The lowest BCUT2D eigenvalue weighted by Gasteiger charge is -2.03. The molecule has 1 N–H and O–H groups in total.